The summed E-state index contributed by atoms with van der Waals surface area (Å²) in [6.45, 7) is 0. The van der Waals surface area contributed by atoms with Crippen LogP contribution in [0.1, 0.15) is 0 Å². The number of rotatable bonds is 3. The van der Waals surface area contributed by atoms with Crippen LogP contribution in [0.5, 0.6) is 0 Å². The minimum atomic E-state index is -0.419. The van der Waals surface area contributed by atoms with Crippen molar-refractivity contribution in [3.05, 3.63) is 64.7 Å². The van der Waals surface area contributed by atoms with Gasteiger partial charge in [0.25, 0.3) is 5.69 Å². The van der Waals surface area contributed by atoms with Crippen LogP contribution in [0, 0.1) is 10.1 Å². The van der Waals surface area contributed by atoms with Gasteiger partial charge in [-0.2, -0.15) is 0 Å². The number of non-ortho nitro benzene ring substituents is 1. The monoisotopic (exact) mass is 297 g/mol. The lowest BCUT2D eigenvalue weighted by Gasteiger charge is -2.02. The third kappa shape index (κ3) is 2.61. The van der Waals surface area contributed by atoms with E-state index in [0.717, 1.165) is 21.7 Å². The number of nitrogens with zero attached hydrogens (tertiary/aromatic N) is 2. The van der Waals surface area contributed by atoms with E-state index < -0.39 is 4.92 Å². The van der Waals surface area contributed by atoms with Gasteiger partial charge in [-0.25, -0.2) is 4.98 Å². The number of hydrogen-bond donors (Lipinski definition) is 1. The molecule has 0 aliphatic carbocycles. The quantitative estimate of drug-likeness (QED) is 0.586. The van der Waals surface area contributed by atoms with E-state index in [0.29, 0.717) is 5.13 Å². The molecular weight excluding hydrogens is 286 g/mol. The number of aromatic nitrogens is 1. The number of hydrogen-bond acceptors (Lipinski definition) is 5. The Kier molecular flexibility index (Phi) is 3.37. The average molecular weight is 297 g/mol. The van der Waals surface area contributed by atoms with E-state index in [9.17, 15) is 10.1 Å². The van der Waals surface area contributed by atoms with Crippen LogP contribution in [0.4, 0.5) is 10.8 Å². The van der Waals surface area contributed by atoms with Crippen LogP contribution in [-0.2, 0) is 0 Å². The number of nitrogens with two attached hydrogens (primary N) is 1. The summed E-state index contributed by atoms with van der Waals surface area (Å²) in [5.41, 5.74) is 8.48. The molecule has 3 aromatic rings. The molecule has 0 spiro atoms. The molecule has 0 aliphatic rings. The van der Waals surface area contributed by atoms with Gasteiger partial charge in [0.15, 0.2) is 5.13 Å². The van der Waals surface area contributed by atoms with Gasteiger partial charge in [0.2, 0.25) is 0 Å². The van der Waals surface area contributed by atoms with Gasteiger partial charge in [0, 0.05) is 17.7 Å². The summed E-state index contributed by atoms with van der Waals surface area (Å²) in [5, 5.41) is 11.2. The first-order chi connectivity index (χ1) is 10.1. The van der Waals surface area contributed by atoms with Gasteiger partial charge < -0.3 is 5.73 Å². The molecule has 0 fully saturated rings. The van der Waals surface area contributed by atoms with Crippen molar-refractivity contribution in [2.45, 2.75) is 0 Å². The van der Waals surface area contributed by atoms with Crippen molar-refractivity contribution in [3.63, 3.8) is 0 Å². The molecule has 21 heavy (non-hydrogen) atoms. The Morgan fingerprint density at radius 1 is 1.00 bits per heavy atom. The molecule has 0 atom stereocenters. The lowest BCUT2D eigenvalue weighted by molar-refractivity contribution is -0.384. The SMILES string of the molecule is Nc1nc(-c2ccc([N+](=O)[O-])cc2)c(-c2ccccc2)s1. The zero-order valence-corrected chi connectivity index (χ0v) is 11.7. The standard InChI is InChI=1S/C15H11N3O2S/c16-15-17-13(10-6-8-12(9-7-10)18(19)20)14(21-15)11-4-2-1-3-5-11/h1-9H,(H2,16,17). The van der Waals surface area contributed by atoms with Crippen molar-refractivity contribution in [3.8, 4) is 21.7 Å². The van der Waals surface area contributed by atoms with Gasteiger partial charge >= 0.3 is 0 Å². The van der Waals surface area contributed by atoms with Gasteiger partial charge in [-0.05, 0) is 17.7 Å². The molecule has 0 unspecified atom stereocenters. The number of nitrogen functional groups attached to an aromatic ring is 1. The first kappa shape index (κ1) is 13.3. The summed E-state index contributed by atoms with van der Waals surface area (Å²) in [7, 11) is 0. The van der Waals surface area contributed by atoms with Crippen LogP contribution in [-0.4, -0.2) is 9.91 Å². The molecule has 2 aromatic carbocycles. The van der Waals surface area contributed by atoms with Crippen molar-refractivity contribution >= 4 is 22.2 Å². The Bertz CT molecular complexity index is 782. The maximum atomic E-state index is 10.7. The van der Waals surface area contributed by atoms with Gasteiger partial charge in [-0.1, -0.05) is 41.7 Å². The molecule has 3 rings (SSSR count). The lowest BCUT2D eigenvalue weighted by Crippen LogP contribution is -1.88. The number of benzene rings is 2. The molecular formula is C15H11N3O2S. The van der Waals surface area contributed by atoms with Crippen molar-refractivity contribution in [2.75, 3.05) is 5.73 Å². The summed E-state index contributed by atoms with van der Waals surface area (Å²) in [6.07, 6.45) is 0. The van der Waals surface area contributed by atoms with Crippen molar-refractivity contribution in [2.24, 2.45) is 0 Å². The van der Waals surface area contributed by atoms with E-state index in [4.69, 9.17) is 5.73 Å². The van der Waals surface area contributed by atoms with E-state index in [1.54, 1.807) is 12.1 Å². The molecule has 104 valence electrons. The second-order valence-corrected chi connectivity index (χ2v) is 5.43. The molecule has 0 radical (unpaired) electrons. The van der Waals surface area contributed by atoms with Gasteiger partial charge in [-0.15, -0.1) is 0 Å². The Morgan fingerprint density at radius 3 is 2.29 bits per heavy atom. The normalized spacial score (nSPS) is 10.5. The zero-order chi connectivity index (χ0) is 14.8. The summed E-state index contributed by atoms with van der Waals surface area (Å²) in [5.74, 6) is 0. The third-order valence-electron chi connectivity index (χ3n) is 3.03. The number of thiazole rings is 1. The van der Waals surface area contributed by atoms with Crippen molar-refractivity contribution < 1.29 is 4.92 Å². The van der Waals surface area contributed by atoms with Crippen LogP contribution < -0.4 is 5.73 Å². The average Bonchev–Trinajstić information content (AvgIpc) is 2.90. The smallest absolute Gasteiger partial charge is 0.269 e. The van der Waals surface area contributed by atoms with Crippen LogP contribution in [0.25, 0.3) is 21.7 Å². The highest BCUT2D eigenvalue weighted by atomic mass is 32.1. The Hall–Kier alpha value is -2.73. The zero-order valence-electron chi connectivity index (χ0n) is 10.9. The molecule has 0 bridgehead atoms. The highest BCUT2D eigenvalue weighted by Gasteiger charge is 2.14. The molecule has 1 heterocycles. The van der Waals surface area contributed by atoms with Gasteiger partial charge in [0.1, 0.15) is 0 Å². The predicted octanol–water partition coefficient (Wildman–Crippen LogP) is 3.97. The molecule has 2 N–H and O–H groups in total. The van der Waals surface area contributed by atoms with Crippen molar-refractivity contribution in [1.82, 2.24) is 4.98 Å². The largest absolute Gasteiger partial charge is 0.375 e. The van der Waals surface area contributed by atoms with Crippen LogP contribution in [0.2, 0.25) is 0 Å². The fraction of sp³-hybridized carbons (Fsp3) is 0. The van der Waals surface area contributed by atoms with E-state index in [-0.39, 0.29) is 5.69 Å². The minimum absolute atomic E-state index is 0.0585. The molecule has 0 saturated carbocycles. The summed E-state index contributed by atoms with van der Waals surface area (Å²) in [6, 6.07) is 16.1. The van der Waals surface area contributed by atoms with Crippen LogP contribution in [0.15, 0.2) is 54.6 Å². The molecule has 5 nitrogen and oxygen atoms in total. The maximum Gasteiger partial charge on any atom is 0.269 e. The highest BCUT2D eigenvalue weighted by molar-refractivity contribution is 7.19. The first-order valence-electron chi connectivity index (χ1n) is 6.21. The van der Waals surface area contributed by atoms with Gasteiger partial charge in [-0.3, -0.25) is 10.1 Å². The molecule has 0 saturated heterocycles. The van der Waals surface area contributed by atoms with E-state index in [1.165, 1.54) is 23.5 Å². The van der Waals surface area contributed by atoms with E-state index in [1.807, 2.05) is 30.3 Å². The Labute approximate surface area is 124 Å². The summed E-state index contributed by atoms with van der Waals surface area (Å²) < 4.78 is 0. The third-order valence-corrected chi connectivity index (χ3v) is 3.96. The molecule has 0 aliphatic heterocycles. The fourth-order valence-electron chi connectivity index (χ4n) is 2.06. The molecule has 1 aromatic heterocycles. The first-order valence-corrected chi connectivity index (χ1v) is 7.03. The summed E-state index contributed by atoms with van der Waals surface area (Å²) >= 11 is 1.41. The lowest BCUT2D eigenvalue weighted by atomic mass is 10.1. The fourth-order valence-corrected chi connectivity index (χ4v) is 2.92. The van der Waals surface area contributed by atoms with Crippen LogP contribution in [0.3, 0.4) is 0 Å². The van der Waals surface area contributed by atoms with E-state index >= 15 is 0 Å². The minimum Gasteiger partial charge on any atom is -0.375 e. The number of anilines is 1. The van der Waals surface area contributed by atoms with E-state index in [2.05, 4.69) is 4.98 Å². The Balaban J connectivity index is 2.09. The number of nitro benzene ring substituents is 1. The second-order valence-electron chi connectivity index (χ2n) is 4.40. The molecule has 6 heteroatoms. The highest BCUT2D eigenvalue weighted by Crippen LogP contribution is 2.38. The summed E-state index contributed by atoms with van der Waals surface area (Å²) in [4.78, 5) is 15.6. The Morgan fingerprint density at radius 2 is 1.67 bits per heavy atom. The topological polar surface area (TPSA) is 82.0 Å². The van der Waals surface area contributed by atoms with Crippen molar-refractivity contribution in [1.29, 1.82) is 0 Å². The predicted molar refractivity (Wildman–Crippen MR) is 84.1 cm³/mol. The number of nitro groups is 1. The van der Waals surface area contributed by atoms with Gasteiger partial charge in [0.05, 0.1) is 15.5 Å². The molecule has 0 amide bonds. The second kappa shape index (κ2) is 5.34. The maximum absolute atomic E-state index is 10.7. The van der Waals surface area contributed by atoms with Crippen LogP contribution >= 0.6 is 11.3 Å².